The minimum absolute atomic E-state index is 0.103. The highest BCUT2D eigenvalue weighted by Gasteiger charge is 2.49. The van der Waals surface area contributed by atoms with Crippen molar-refractivity contribution in [1.29, 1.82) is 0 Å². The largest absolute Gasteiger partial charge is 0.380 e. The smallest absolute Gasteiger partial charge is 0.180 e. The highest BCUT2D eigenvalue weighted by Crippen LogP contribution is 2.50. The van der Waals surface area contributed by atoms with E-state index in [1.54, 1.807) is 0 Å². The molecule has 0 N–H and O–H groups in total. The predicted molar refractivity (Wildman–Crippen MR) is 105 cm³/mol. The molecule has 0 unspecified atom stereocenters. The van der Waals surface area contributed by atoms with Crippen LogP contribution in [0.25, 0.3) is 11.1 Å². The lowest BCUT2D eigenvalue weighted by Crippen LogP contribution is -2.40. The van der Waals surface area contributed by atoms with Crippen molar-refractivity contribution < 1.29 is 9.53 Å². The lowest BCUT2D eigenvalue weighted by molar-refractivity contribution is 0.0690. The minimum atomic E-state index is -0.788. The molecule has 130 valence electrons. The zero-order chi connectivity index (χ0) is 18.0. The summed E-state index contributed by atoms with van der Waals surface area (Å²) >= 11 is 0. The standard InChI is InChI=1S/C24H22O2/c1-2-16-26-17-24(23(25)18-10-4-3-5-11-18)21-14-8-6-12-19(21)20-13-7-9-15-22(20)24/h3-15H,2,16-17H2,1H3. The van der Waals surface area contributed by atoms with E-state index in [2.05, 4.69) is 31.2 Å². The molecule has 0 amide bonds. The fourth-order valence-corrected chi connectivity index (χ4v) is 4.00. The number of hydrogen-bond donors (Lipinski definition) is 0. The van der Waals surface area contributed by atoms with Gasteiger partial charge in [-0.3, -0.25) is 4.79 Å². The number of fused-ring (bicyclic) bond motifs is 3. The first-order chi connectivity index (χ1) is 12.8. The Kier molecular flexibility index (Phi) is 4.44. The lowest BCUT2D eigenvalue weighted by Gasteiger charge is -2.30. The second-order valence-corrected chi connectivity index (χ2v) is 6.74. The SMILES string of the molecule is CCCOCC1(C(=O)c2ccccc2)c2ccccc2-c2ccccc21. The van der Waals surface area contributed by atoms with Crippen LogP contribution in [0.5, 0.6) is 0 Å². The summed E-state index contributed by atoms with van der Waals surface area (Å²) in [5.74, 6) is 0.103. The first-order valence-electron chi connectivity index (χ1n) is 9.16. The summed E-state index contributed by atoms with van der Waals surface area (Å²) in [6.45, 7) is 3.10. The molecular weight excluding hydrogens is 320 g/mol. The van der Waals surface area contributed by atoms with Crippen LogP contribution in [0.2, 0.25) is 0 Å². The number of ether oxygens (including phenoxy) is 1. The number of carbonyl (C=O) groups is 1. The Morgan fingerprint density at radius 3 is 1.92 bits per heavy atom. The van der Waals surface area contributed by atoms with Gasteiger partial charge in [-0.2, -0.15) is 0 Å². The van der Waals surface area contributed by atoms with Crippen molar-refractivity contribution in [3.05, 3.63) is 95.6 Å². The second kappa shape index (κ2) is 6.89. The molecule has 2 heteroatoms. The van der Waals surface area contributed by atoms with E-state index in [0.29, 0.717) is 13.2 Å². The fourth-order valence-electron chi connectivity index (χ4n) is 4.00. The predicted octanol–water partition coefficient (Wildman–Crippen LogP) is 5.26. The average Bonchev–Trinajstić information content (AvgIpc) is 3.00. The molecule has 4 rings (SSSR count). The number of hydrogen-bond acceptors (Lipinski definition) is 2. The Bertz CT molecular complexity index is 882. The molecule has 0 fully saturated rings. The quantitative estimate of drug-likeness (QED) is 0.451. The Hall–Kier alpha value is -2.71. The van der Waals surface area contributed by atoms with E-state index in [4.69, 9.17) is 4.74 Å². The number of ketones is 1. The van der Waals surface area contributed by atoms with Gasteiger partial charge in [0.15, 0.2) is 5.78 Å². The van der Waals surface area contributed by atoms with Crippen LogP contribution in [0.3, 0.4) is 0 Å². The van der Waals surface area contributed by atoms with E-state index in [1.807, 2.05) is 54.6 Å². The molecule has 0 saturated carbocycles. The third-order valence-corrected chi connectivity index (χ3v) is 5.15. The van der Waals surface area contributed by atoms with Crippen molar-refractivity contribution >= 4 is 5.78 Å². The number of rotatable bonds is 6. The molecule has 3 aromatic rings. The summed E-state index contributed by atoms with van der Waals surface area (Å²) in [5.41, 5.74) is 4.29. The van der Waals surface area contributed by atoms with Gasteiger partial charge in [0, 0.05) is 12.2 Å². The van der Waals surface area contributed by atoms with Crippen LogP contribution < -0.4 is 0 Å². The summed E-state index contributed by atoms with van der Waals surface area (Å²) in [4.78, 5) is 13.8. The molecule has 0 heterocycles. The zero-order valence-electron chi connectivity index (χ0n) is 14.9. The van der Waals surface area contributed by atoms with Gasteiger partial charge in [0.1, 0.15) is 5.41 Å². The van der Waals surface area contributed by atoms with Gasteiger partial charge in [-0.25, -0.2) is 0 Å². The van der Waals surface area contributed by atoms with Crippen molar-refractivity contribution in [2.75, 3.05) is 13.2 Å². The van der Waals surface area contributed by atoms with E-state index in [9.17, 15) is 4.79 Å². The van der Waals surface area contributed by atoms with Gasteiger partial charge in [0.2, 0.25) is 0 Å². The van der Waals surface area contributed by atoms with Crippen LogP contribution in [-0.2, 0) is 10.2 Å². The van der Waals surface area contributed by atoms with Gasteiger partial charge >= 0.3 is 0 Å². The Balaban J connectivity index is 1.95. The monoisotopic (exact) mass is 342 g/mol. The first kappa shape index (κ1) is 16.7. The van der Waals surface area contributed by atoms with Crippen molar-refractivity contribution in [2.45, 2.75) is 18.8 Å². The lowest BCUT2D eigenvalue weighted by atomic mass is 9.73. The molecule has 0 bridgehead atoms. The molecule has 0 radical (unpaired) electrons. The van der Waals surface area contributed by atoms with Crippen LogP contribution in [0.15, 0.2) is 78.9 Å². The first-order valence-corrected chi connectivity index (χ1v) is 9.16. The topological polar surface area (TPSA) is 26.3 Å². The maximum absolute atomic E-state index is 13.8. The van der Waals surface area contributed by atoms with Crippen LogP contribution in [0.4, 0.5) is 0 Å². The molecule has 0 aliphatic heterocycles. The summed E-state index contributed by atoms with van der Waals surface area (Å²) < 4.78 is 6.01. The molecule has 0 atom stereocenters. The van der Waals surface area contributed by atoms with Crippen LogP contribution in [0, 0.1) is 0 Å². The Morgan fingerprint density at radius 2 is 1.35 bits per heavy atom. The van der Waals surface area contributed by atoms with Crippen molar-refractivity contribution in [3.63, 3.8) is 0 Å². The molecule has 0 saturated heterocycles. The highest BCUT2D eigenvalue weighted by molar-refractivity contribution is 6.10. The van der Waals surface area contributed by atoms with Gasteiger partial charge < -0.3 is 4.74 Å². The minimum Gasteiger partial charge on any atom is -0.380 e. The molecule has 1 aliphatic carbocycles. The van der Waals surface area contributed by atoms with Gasteiger partial charge in [-0.15, -0.1) is 0 Å². The fraction of sp³-hybridized carbons (Fsp3) is 0.208. The van der Waals surface area contributed by atoms with E-state index in [1.165, 1.54) is 0 Å². The van der Waals surface area contributed by atoms with Crippen LogP contribution in [-0.4, -0.2) is 19.0 Å². The molecule has 0 aromatic heterocycles. The Labute approximate surface area is 154 Å². The van der Waals surface area contributed by atoms with E-state index in [-0.39, 0.29) is 5.78 Å². The Morgan fingerprint density at radius 1 is 0.808 bits per heavy atom. The molecule has 2 nitrogen and oxygen atoms in total. The number of carbonyl (C=O) groups excluding carboxylic acids is 1. The number of benzene rings is 3. The molecule has 1 aliphatic rings. The van der Waals surface area contributed by atoms with Crippen LogP contribution in [0.1, 0.15) is 34.8 Å². The summed E-state index contributed by atoms with van der Waals surface area (Å²) in [5, 5.41) is 0. The summed E-state index contributed by atoms with van der Waals surface area (Å²) in [6.07, 6.45) is 0.929. The normalized spacial score (nSPS) is 13.9. The van der Waals surface area contributed by atoms with Gasteiger partial charge in [0.25, 0.3) is 0 Å². The van der Waals surface area contributed by atoms with Gasteiger partial charge in [-0.05, 0) is 28.7 Å². The molecule has 26 heavy (non-hydrogen) atoms. The van der Waals surface area contributed by atoms with Crippen LogP contribution >= 0.6 is 0 Å². The average molecular weight is 342 g/mol. The third kappa shape index (κ3) is 2.49. The van der Waals surface area contributed by atoms with Crippen molar-refractivity contribution in [2.24, 2.45) is 0 Å². The van der Waals surface area contributed by atoms with Gasteiger partial charge in [0.05, 0.1) is 6.61 Å². The van der Waals surface area contributed by atoms with E-state index >= 15 is 0 Å². The van der Waals surface area contributed by atoms with E-state index < -0.39 is 5.41 Å². The molecule has 3 aromatic carbocycles. The summed E-state index contributed by atoms with van der Waals surface area (Å²) in [7, 11) is 0. The maximum atomic E-state index is 13.8. The molecule has 0 spiro atoms. The second-order valence-electron chi connectivity index (χ2n) is 6.74. The highest BCUT2D eigenvalue weighted by atomic mass is 16.5. The van der Waals surface area contributed by atoms with E-state index in [0.717, 1.165) is 34.2 Å². The van der Waals surface area contributed by atoms with Crippen molar-refractivity contribution in [1.82, 2.24) is 0 Å². The van der Waals surface area contributed by atoms with Gasteiger partial charge in [-0.1, -0.05) is 85.8 Å². The summed E-state index contributed by atoms with van der Waals surface area (Å²) in [6, 6.07) is 26.0. The maximum Gasteiger partial charge on any atom is 0.180 e. The zero-order valence-corrected chi connectivity index (χ0v) is 14.9. The number of Topliss-reactive ketones (excluding diaryl/α,β-unsaturated/α-hetero) is 1. The molecular formula is C24H22O2. The van der Waals surface area contributed by atoms with Crippen molar-refractivity contribution in [3.8, 4) is 11.1 Å². The third-order valence-electron chi connectivity index (χ3n) is 5.15.